The summed E-state index contributed by atoms with van der Waals surface area (Å²) >= 11 is 9.09. The topological polar surface area (TPSA) is 49.3 Å². The normalized spacial score (nSPS) is 10.3. The average molecular weight is 341 g/mol. The van der Waals surface area contributed by atoms with Gasteiger partial charge in [0.05, 0.1) is 5.02 Å². The molecule has 0 aliphatic heterocycles. The zero-order valence-corrected chi connectivity index (χ0v) is 12.4. The predicted molar refractivity (Wildman–Crippen MR) is 79.9 cm³/mol. The molecule has 3 nitrogen and oxygen atoms in total. The standard InChI is InChI=1S/C14H11BrClNO2/c1-8-6-9(2-4-11(8)15)14(19)17-10-3-5-12(16)13(18)7-10/h2-7,18H,1H3,(H,17,19). The number of carbonyl (C=O) groups is 1. The highest BCUT2D eigenvalue weighted by Gasteiger charge is 2.08. The fraction of sp³-hybridized carbons (Fsp3) is 0.0714. The zero-order valence-electron chi connectivity index (χ0n) is 10.1. The number of halogens is 2. The Bertz CT molecular complexity index is 643. The van der Waals surface area contributed by atoms with E-state index < -0.39 is 0 Å². The number of phenols is 1. The first-order chi connectivity index (χ1) is 8.97. The molecule has 0 saturated carbocycles. The molecule has 0 saturated heterocycles. The van der Waals surface area contributed by atoms with Crippen LogP contribution in [-0.4, -0.2) is 11.0 Å². The van der Waals surface area contributed by atoms with Crippen LogP contribution >= 0.6 is 27.5 Å². The number of phenolic OH excluding ortho intramolecular Hbond substituents is 1. The third-order valence-electron chi connectivity index (χ3n) is 2.62. The molecule has 2 aromatic carbocycles. The van der Waals surface area contributed by atoms with Crippen molar-refractivity contribution in [3.8, 4) is 5.75 Å². The number of aryl methyl sites for hydroxylation is 1. The molecule has 0 fully saturated rings. The number of amides is 1. The van der Waals surface area contributed by atoms with Crippen molar-refractivity contribution in [1.82, 2.24) is 0 Å². The Morgan fingerprint density at radius 1 is 1.26 bits per heavy atom. The Kier molecular flexibility index (Phi) is 4.12. The van der Waals surface area contributed by atoms with Crippen LogP contribution in [0.25, 0.3) is 0 Å². The van der Waals surface area contributed by atoms with Gasteiger partial charge in [-0.05, 0) is 42.8 Å². The molecule has 0 aliphatic rings. The SMILES string of the molecule is Cc1cc(C(=O)Nc2ccc(Cl)c(O)c2)ccc1Br. The van der Waals surface area contributed by atoms with E-state index in [-0.39, 0.29) is 16.7 Å². The molecule has 0 aliphatic carbocycles. The fourth-order valence-electron chi connectivity index (χ4n) is 1.58. The molecule has 2 aromatic rings. The Balaban J connectivity index is 2.20. The number of aromatic hydroxyl groups is 1. The molecule has 98 valence electrons. The quantitative estimate of drug-likeness (QED) is 0.853. The van der Waals surface area contributed by atoms with Crippen LogP contribution in [0.1, 0.15) is 15.9 Å². The maximum atomic E-state index is 12.0. The molecule has 0 radical (unpaired) electrons. The number of anilines is 1. The summed E-state index contributed by atoms with van der Waals surface area (Å²) in [6.45, 7) is 1.91. The van der Waals surface area contributed by atoms with Crippen LogP contribution in [0.3, 0.4) is 0 Å². The Hall–Kier alpha value is -1.52. The lowest BCUT2D eigenvalue weighted by atomic mass is 10.1. The van der Waals surface area contributed by atoms with Gasteiger partial charge in [-0.2, -0.15) is 0 Å². The van der Waals surface area contributed by atoms with Crippen LogP contribution in [-0.2, 0) is 0 Å². The molecule has 5 heteroatoms. The van der Waals surface area contributed by atoms with Gasteiger partial charge >= 0.3 is 0 Å². The third kappa shape index (κ3) is 3.28. The molecule has 1 amide bonds. The molecule has 0 aromatic heterocycles. The van der Waals surface area contributed by atoms with E-state index in [9.17, 15) is 9.90 Å². The predicted octanol–water partition coefficient (Wildman–Crippen LogP) is 4.37. The number of rotatable bonds is 2. The van der Waals surface area contributed by atoms with Gasteiger partial charge in [0.15, 0.2) is 0 Å². The van der Waals surface area contributed by atoms with Crippen LogP contribution < -0.4 is 5.32 Å². The van der Waals surface area contributed by atoms with Crippen LogP contribution in [0.5, 0.6) is 5.75 Å². The van der Waals surface area contributed by atoms with E-state index in [0.717, 1.165) is 10.0 Å². The summed E-state index contributed by atoms with van der Waals surface area (Å²) in [5.41, 5.74) is 2.02. The summed E-state index contributed by atoms with van der Waals surface area (Å²) < 4.78 is 0.952. The van der Waals surface area contributed by atoms with Crippen LogP contribution in [0.4, 0.5) is 5.69 Å². The third-order valence-corrected chi connectivity index (χ3v) is 3.83. The van der Waals surface area contributed by atoms with Crippen molar-refractivity contribution in [2.75, 3.05) is 5.32 Å². The maximum Gasteiger partial charge on any atom is 0.255 e. The second-order valence-electron chi connectivity index (χ2n) is 4.08. The van der Waals surface area contributed by atoms with Crippen molar-refractivity contribution < 1.29 is 9.90 Å². The number of carbonyl (C=O) groups excluding carboxylic acids is 1. The van der Waals surface area contributed by atoms with Gasteiger partial charge in [0.25, 0.3) is 5.91 Å². The van der Waals surface area contributed by atoms with Crippen molar-refractivity contribution in [3.05, 3.63) is 57.0 Å². The van der Waals surface area contributed by atoms with Crippen molar-refractivity contribution in [2.24, 2.45) is 0 Å². The molecule has 2 rings (SSSR count). The number of hydrogen-bond acceptors (Lipinski definition) is 2. The molecule has 0 unspecified atom stereocenters. The highest BCUT2D eigenvalue weighted by atomic mass is 79.9. The van der Waals surface area contributed by atoms with Gasteiger partial charge < -0.3 is 10.4 Å². The summed E-state index contributed by atoms with van der Waals surface area (Å²) in [7, 11) is 0. The van der Waals surface area contributed by atoms with Gasteiger partial charge in [0, 0.05) is 21.8 Å². The van der Waals surface area contributed by atoms with Gasteiger partial charge in [0.2, 0.25) is 0 Å². The van der Waals surface area contributed by atoms with E-state index in [1.165, 1.54) is 12.1 Å². The molecule has 0 bridgehead atoms. The van der Waals surface area contributed by atoms with E-state index in [1.54, 1.807) is 18.2 Å². The fourth-order valence-corrected chi connectivity index (χ4v) is 1.94. The minimum atomic E-state index is -0.239. The Morgan fingerprint density at radius 3 is 2.63 bits per heavy atom. The van der Waals surface area contributed by atoms with E-state index in [2.05, 4.69) is 21.2 Å². The number of benzene rings is 2. The minimum Gasteiger partial charge on any atom is -0.506 e. The number of hydrogen-bond donors (Lipinski definition) is 2. The van der Waals surface area contributed by atoms with Crippen molar-refractivity contribution in [1.29, 1.82) is 0 Å². The number of nitrogens with one attached hydrogen (secondary N) is 1. The van der Waals surface area contributed by atoms with Gasteiger partial charge in [-0.15, -0.1) is 0 Å². The molecule has 19 heavy (non-hydrogen) atoms. The monoisotopic (exact) mass is 339 g/mol. The van der Waals surface area contributed by atoms with Gasteiger partial charge in [-0.25, -0.2) is 0 Å². The van der Waals surface area contributed by atoms with Crippen LogP contribution in [0, 0.1) is 6.92 Å². The average Bonchev–Trinajstić information content (AvgIpc) is 2.37. The van der Waals surface area contributed by atoms with Gasteiger partial charge in [0.1, 0.15) is 5.75 Å². The van der Waals surface area contributed by atoms with Crippen molar-refractivity contribution in [3.63, 3.8) is 0 Å². The summed E-state index contributed by atoms with van der Waals surface area (Å²) in [6.07, 6.45) is 0. The molecule has 2 N–H and O–H groups in total. The highest BCUT2D eigenvalue weighted by molar-refractivity contribution is 9.10. The summed E-state index contributed by atoms with van der Waals surface area (Å²) in [4.78, 5) is 12.0. The largest absolute Gasteiger partial charge is 0.506 e. The second kappa shape index (κ2) is 5.63. The minimum absolute atomic E-state index is 0.0635. The lowest BCUT2D eigenvalue weighted by Crippen LogP contribution is -2.11. The smallest absolute Gasteiger partial charge is 0.255 e. The highest BCUT2D eigenvalue weighted by Crippen LogP contribution is 2.26. The van der Waals surface area contributed by atoms with E-state index >= 15 is 0 Å². The lowest BCUT2D eigenvalue weighted by Gasteiger charge is -2.07. The second-order valence-corrected chi connectivity index (χ2v) is 5.35. The summed E-state index contributed by atoms with van der Waals surface area (Å²) in [6, 6.07) is 9.90. The van der Waals surface area contributed by atoms with Crippen LogP contribution in [0.15, 0.2) is 40.9 Å². The maximum absolute atomic E-state index is 12.0. The van der Waals surface area contributed by atoms with E-state index in [4.69, 9.17) is 11.6 Å². The van der Waals surface area contributed by atoms with Crippen molar-refractivity contribution in [2.45, 2.75) is 6.92 Å². The summed E-state index contributed by atoms with van der Waals surface area (Å²) in [5.74, 6) is -0.302. The zero-order chi connectivity index (χ0) is 14.0. The van der Waals surface area contributed by atoms with Gasteiger partial charge in [-0.1, -0.05) is 27.5 Å². The van der Waals surface area contributed by atoms with Crippen molar-refractivity contribution >= 4 is 39.1 Å². The van der Waals surface area contributed by atoms with Crippen LogP contribution in [0.2, 0.25) is 5.02 Å². The van der Waals surface area contributed by atoms with E-state index in [1.807, 2.05) is 13.0 Å². The molecular formula is C14H11BrClNO2. The van der Waals surface area contributed by atoms with E-state index in [0.29, 0.717) is 11.3 Å². The molecular weight excluding hydrogens is 330 g/mol. The first-order valence-electron chi connectivity index (χ1n) is 5.53. The Labute approximate surface area is 124 Å². The molecule has 0 atom stereocenters. The molecule has 0 spiro atoms. The Morgan fingerprint density at radius 2 is 2.00 bits per heavy atom. The molecule has 0 heterocycles. The summed E-state index contributed by atoms with van der Waals surface area (Å²) in [5, 5.41) is 12.4. The first-order valence-corrected chi connectivity index (χ1v) is 6.70. The lowest BCUT2D eigenvalue weighted by molar-refractivity contribution is 0.102. The van der Waals surface area contributed by atoms with Gasteiger partial charge in [-0.3, -0.25) is 4.79 Å². The first kappa shape index (κ1) is 13.9.